The van der Waals surface area contributed by atoms with Crippen LogP contribution >= 0.6 is 0 Å². The van der Waals surface area contributed by atoms with Crippen LogP contribution in [-0.2, 0) is 19.4 Å². The zero-order chi connectivity index (χ0) is 28.3. The quantitative estimate of drug-likeness (QED) is 0.226. The summed E-state index contributed by atoms with van der Waals surface area (Å²) >= 11 is 0. The number of H-pyrrole nitrogens is 1. The average Bonchev–Trinajstić information content (AvgIpc) is 3.46. The molecular weight excluding hydrogens is 518 g/mol. The first-order valence-corrected chi connectivity index (χ1v) is 15.5. The first kappa shape index (κ1) is 26.9. The molecule has 7 rings (SSSR count). The number of anilines is 2. The second-order valence-corrected chi connectivity index (χ2v) is 12.0. The summed E-state index contributed by atoms with van der Waals surface area (Å²) < 4.78 is 0. The molecule has 0 saturated carbocycles. The number of hydrogen-bond donors (Lipinski definition) is 3. The minimum Gasteiger partial charge on any atom is -0.381 e. The van der Waals surface area contributed by atoms with Gasteiger partial charge in [-0.2, -0.15) is 0 Å². The van der Waals surface area contributed by atoms with E-state index >= 15 is 0 Å². The van der Waals surface area contributed by atoms with E-state index in [1.807, 2.05) is 6.20 Å². The molecule has 0 amide bonds. The summed E-state index contributed by atoms with van der Waals surface area (Å²) in [5.41, 5.74) is 11.4. The fourth-order valence-corrected chi connectivity index (χ4v) is 6.64. The first-order chi connectivity index (χ1) is 20.7. The van der Waals surface area contributed by atoms with Gasteiger partial charge in [-0.05, 0) is 79.2 Å². The van der Waals surface area contributed by atoms with Crippen LogP contribution in [-0.4, -0.2) is 71.1 Å². The smallest absolute Gasteiger partial charge is 0.223 e. The molecule has 1 atom stereocenters. The van der Waals surface area contributed by atoms with Crippen molar-refractivity contribution in [3.8, 4) is 11.3 Å². The van der Waals surface area contributed by atoms with Gasteiger partial charge in [0.05, 0.1) is 5.69 Å². The molecule has 42 heavy (non-hydrogen) atoms. The first-order valence-electron chi connectivity index (χ1n) is 15.5. The summed E-state index contributed by atoms with van der Waals surface area (Å²) in [5.74, 6) is 1.02. The summed E-state index contributed by atoms with van der Waals surface area (Å²) in [4.78, 5) is 18.1. The number of aromatic amines is 1. The third-order valence-corrected chi connectivity index (χ3v) is 9.14. The molecule has 1 unspecified atom stereocenters. The van der Waals surface area contributed by atoms with Crippen molar-refractivity contribution in [1.29, 1.82) is 0 Å². The van der Waals surface area contributed by atoms with E-state index in [1.165, 1.54) is 39.1 Å². The number of nitrogens with one attached hydrogen (secondary N) is 3. The Kier molecular flexibility index (Phi) is 7.77. The molecule has 0 radical (unpaired) electrons. The normalized spacial score (nSPS) is 18.3. The Morgan fingerprint density at radius 3 is 2.74 bits per heavy atom. The lowest BCUT2D eigenvalue weighted by molar-refractivity contribution is 0.154. The minimum atomic E-state index is 0.288. The predicted octanol–water partition coefficient (Wildman–Crippen LogP) is 5.78. The number of aryl methyl sites for hydroxylation is 1. The topological polar surface area (TPSA) is 72.1 Å². The molecule has 2 aromatic carbocycles. The Hall–Kier alpha value is -3.94. The Bertz CT molecular complexity index is 1550. The molecular formula is C35H41N7. The standard InChI is InChI=1S/C35H41N7/c1-41-17-19-42(20-18-41)16-6-15-36-35-39-22-26-21-32(30-8-2-3-9-31(30)34(26)40-35)25-11-13-28(14-12-25)37-23-27-24-38-33-10-5-4-7-29(27)33/h2-4,7-9,11-14,22,24,32,37-38H,5-6,10,15-21,23H2,1H3,(H,36,39,40). The second-order valence-electron chi connectivity index (χ2n) is 12.0. The predicted molar refractivity (Wildman–Crippen MR) is 172 cm³/mol. The molecule has 3 heterocycles. The van der Waals surface area contributed by atoms with Gasteiger partial charge in [0.25, 0.3) is 0 Å². The van der Waals surface area contributed by atoms with E-state index < -0.39 is 0 Å². The molecule has 0 bridgehead atoms. The lowest BCUT2D eigenvalue weighted by atomic mass is 9.78. The van der Waals surface area contributed by atoms with Crippen LogP contribution in [0.4, 0.5) is 11.6 Å². The highest BCUT2D eigenvalue weighted by molar-refractivity contribution is 5.72. The van der Waals surface area contributed by atoms with Crippen LogP contribution in [0.2, 0.25) is 0 Å². The van der Waals surface area contributed by atoms with Gasteiger partial charge in [0, 0.05) is 74.5 Å². The molecule has 0 spiro atoms. The van der Waals surface area contributed by atoms with E-state index in [4.69, 9.17) is 9.97 Å². The fourth-order valence-electron chi connectivity index (χ4n) is 6.64. The molecule has 216 valence electrons. The molecule has 7 nitrogen and oxygen atoms in total. The Morgan fingerprint density at radius 1 is 1.00 bits per heavy atom. The molecule has 2 aromatic heterocycles. The molecule has 1 saturated heterocycles. The summed E-state index contributed by atoms with van der Waals surface area (Å²) in [7, 11) is 2.20. The third kappa shape index (κ3) is 5.72. The number of hydrogen-bond acceptors (Lipinski definition) is 6. The number of likely N-dealkylation sites (N-methyl/N-ethyl adjacent to an activating group) is 1. The second kappa shape index (κ2) is 12.1. The SMILES string of the molecule is CN1CCN(CCCNc2ncc3c(n2)-c2ccccc2C(c2ccc(NCc4c[nH]c5c4C=CCC5)cc2)C3)CC1. The van der Waals surface area contributed by atoms with Gasteiger partial charge in [-0.3, -0.25) is 0 Å². The Morgan fingerprint density at radius 2 is 1.86 bits per heavy atom. The van der Waals surface area contributed by atoms with Crippen molar-refractivity contribution in [2.24, 2.45) is 0 Å². The molecule has 4 aromatic rings. The van der Waals surface area contributed by atoms with Gasteiger partial charge in [-0.1, -0.05) is 48.6 Å². The summed E-state index contributed by atoms with van der Waals surface area (Å²) in [5, 5.41) is 7.11. The van der Waals surface area contributed by atoms with Crippen molar-refractivity contribution in [3.05, 3.63) is 101 Å². The number of benzene rings is 2. The van der Waals surface area contributed by atoms with Crippen molar-refractivity contribution >= 4 is 17.7 Å². The number of nitrogens with zero attached hydrogens (tertiary/aromatic N) is 4. The molecule has 7 heteroatoms. The number of aromatic nitrogens is 3. The lowest BCUT2D eigenvalue weighted by Gasteiger charge is -2.32. The van der Waals surface area contributed by atoms with E-state index in [1.54, 1.807) is 0 Å². The molecule has 1 fully saturated rings. The summed E-state index contributed by atoms with van der Waals surface area (Å²) in [6.45, 7) is 7.48. The van der Waals surface area contributed by atoms with Crippen LogP contribution in [0.25, 0.3) is 17.3 Å². The zero-order valence-electron chi connectivity index (χ0n) is 24.6. The summed E-state index contributed by atoms with van der Waals surface area (Å²) in [6, 6.07) is 17.7. The van der Waals surface area contributed by atoms with Crippen molar-refractivity contribution in [2.45, 2.75) is 38.1 Å². The maximum Gasteiger partial charge on any atom is 0.223 e. The van der Waals surface area contributed by atoms with Gasteiger partial charge in [0.15, 0.2) is 0 Å². The van der Waals surface area contributed by atoms with Gasteiger partial charge in [0.2, 0.25) is 5.95 Å². The maximum atomic E-state index is 5.01. The number of allylic oxidation sites excluding steroid dienone is 1. The van der Waals surface area contributed by atoms with Crippen molar-refractivity contribution in [3.63, 3.8) is 0 Å². The van der Waals surface area contributed by atoms with Gasteiger partial charge >= 0.3 is 0 Å². The highest BCUT2D eigenvalue weighted by Crippen LogP contribution is 2.42. The van der Waals surface area contributed by atoms with Crippen molar-refractivity contribution in [2.75, 3.05) is 56.9 Å². The van der Waals surface area contributed by atoms with Crippen molar-refractivity contribution < 1.29 is 0 Å². The highest BCUT2D eigenvalue weighted by Gasteiger charge is 2.27. The van der Waals surface area contributed by atoms with Gasteiger partial charge < -0.3 is 25.4 Å². The summed E-state index contributed by atoms with van der Waals surface area (Å²) in [6.07, 6.45) is 12.9. The van der Waals surface area contributed by atoms with E-state index in [0.29, 0.717) is 0 Å². The van der Waals surface area contributed by atoms with Crippen LogP contribution in [0.15, 0.2) is 67.0 Å². The van der Waals surface area contributed by atoms with E-state index in [-0.39, 0.29) is 5.92 Å². The van der Waals surface area contributed by atoms with E-state index in [0.717, 1.165) is 88.8 Å². The monoisotopic (exact) mass is 559 g/mol. The largest absolute Gasteiger partial charge is 0.381 e. The van der Waals surface area contributed by atoms with Crippen LogP contribution in [0, 0.1) is 0 Å². The molecule has 3 N–H and O–H groups in total. The lowest BCUT2D eigenvalue weighted by Crippen LogP contribution is -2.44. The molecule has 3 aliphatic rings. The van der Waals surface area contributed by atoms with Gasteiger partial charge in [-0.25, -0.2) is 9.97 Å². The van der Waals surface area contributed by atoms with Crippen LogP contribution in [0.5, 0.6) is 0 Å². The average molecular weight is 560 g/mol. The molecule has 1 aliphatic heterocycles. The number of fused-ring (bicyclic) bond motifs is 4. The van der Waals surface area contributed by atoms with Crippen LogP contribution in [0.1, 0.15) is 52.3 Å². The number of piperazine rings is 1. The third-order valence-electron chi connectivity index (χ3n) is 9.14. The number of rotatable bonds is 9. The Labute approximate surface area is 249 Å². The van der Waals surface area contributed by atoms with Crippen LogP contribution < -0.4 is 10.6 Å². The van der Waals surface area contributed by atoms with Crippen molar-refractivity contribution in [1.82, 2.24) is 24.8 Å². The van der Waals surface area contributed by atoms with Gasteiger partial charge in [-0.15, -0.1) is 0 Å². The highest BCUT2D eigenvalue weighted by atomic mass is 15.2. The van der Waals surface area contributed by atoms with E-state index in [2.05, 4.69) is 99.3 Å². The fraction of sp³-hybridized carbons (Fsp3) is 0.371. The maximum absolute atomic E-state index is 5.01. The Balaban J connectivity index is 1.01. The van der Waals surface area contributed by atoms with Gasteiger partial charge in [0.1, 0.15) is 0 Å². The van der Waals surface area contributed by atoms with Crippen LogP contribution in [0.3, 0.4) is 0 Å². The molecule has 2 aliphatic carbocycles. The zero-order valence-corrected chi connectivity index (χ0v) is 24.6. The minimum absolute atomic E-state index is 0.288. The van der Waals surface area contributed by atoms with E-state index in [9.17, 15) is 0 Å².